The SMILES string of the molecule is O=C1CCC(C(NC(=O)OCc2ccccc2)C(=O)N2CCC(F)C2)CC1. The molecule has 3 rings (SSSR count). The molecule has 146 valence electrons. The summed E-state index contributed by atoms with van der Waals surface area (Å²) in [5.74, 6) is -0.251. The maximum atomic E-state index is 13.5. The molecule has 6 nitrogen and oxygen atoms in total. The zero-order valence-corrected chi connectivity index (χ0v) is 15.2. The highest BCUT2D eigenvalue weighted by Gasteiger charge is 2.38. The number of Topliss-reactive ketones (excluding diaryl/α,β-unsaturated/α-hetero) is 1. The molecule has 2 atom stereocenters. The summed E-state index contributed by atoms with van der Waals surface area (Å²) < 4.78 is 18.8. The lowest BCUT2D eigenvalue weighted by Gasteiger charge is -2.32. The van der Waals surface area contributed by atoms with Crippen LogP contribution in [0.1, 0.15) is 37.7 Å². The van der Waals surface area contributed by atoms with Crippen molar-refractivity contribution in [3.05, 3.63) is 35.9 Å². The summed E-state index contributed by atoms with van der Waals surface area (Å²) >= 11 is 0. The number of likely N-dealkylation sites (tertiary alicyclic amines) is 1. The summed E-state index contributed by atoms with van der Waals surface area (Å²) in [6.07, 6.45) is 0.516. The summed E-state index contributed by atoms with van der Waals surface area (Å²) in [5, 5.41) is 2.68. The number of alkyl carbamates (subject to hydrolysis) is 1. The zero-order valence-electron chi connectivity index (χ0n) is 15.2. The van der Waals surface area contributed by atoms with E-state index in [1.807, 2.05) is 30.3 Å². The molecule has 0 radical (unpaired) electrons. The second kappa shape index (κ2) is 8.97. The number of carbonyl (C=O) groups is 3. The Labute approximate surface area is 158 Å². The number of hydrogen-bond donors (Lipinski definition) is 1. The fourth-order valence-corrected chi connectivity index (χ4v) is 3.68. The van der Waals surface area contributed by atoms with E-state index < -0.39 is 18.3 Å². The lowest BCUT2D eigenvalue weighted by Crippen LogP contribution is -2.52. The summed E-state index contributed by atoms with van der Waals surface area (Å²) in [5.41, 5.74) is 0.846. The van der Waals surface area contributed by atoms with Gasteiger partial charge >= 0.3 is 6.09 Å². The second-order valence-corrected chi connectivity index (χ2v) is 7.23. The first-order valence-corrected chi connectivity index (χ1v) is 9.44. The first-order valence-electron chi connectivity index (χ1n) is 9.44. The molecule has 2 amide bonds. The molecule has 27 heavy (non-hydrogen) atoms. The lowest BCUT2D eigenvalue weighted by atomic mass is 9.82. The van der Waals surface area contributed by atoms with Crippen LogP contribution in [0.4, 0.5) is 9.18 Å². The van der Waals surface area contributed by atoms with Gasteiger partial charge in [0.2, 0.25) is 5.91 Å². The molecule has 1 aromatic rings. The van der Waals surface area contributed by atoms with Gasteiger partial charge in [-0.05, 0) is 30.7 Å². The van der Waals surface area contributed by atoms with E-state index >= 15 is 0 Å². The molecule has 1 aliphatic heterocycles. The van der Waals surface area contributed by atoms with Gasteiger partial charge in [0.25, 0.3) is 0 Å². The maximum absolute atomic E-state index is 13.5. The number of hydrogen-bond acceptors (Lipinski definition) is 4. The van der Waals surface area contributed by atoms with E-state index in [9.17, 15) is 18.8 Å². The van der Waals surface area contributed by atoms with Gasteiger partial charge in [0.15, 0.2) is 0 Å². The van der Waals surface area contributed by atoms with Gasteiger partial charge in [0, 0.05) is 19.4 Å². The highest BCUT2D eigenvalue weighted by molar-refractivity contribution is 5.87. The van der Waals surface area contributed by atoms with Crippen molar-refractivity contribution in [3.8, 4) is 0 Å². The zero-order chi connectivity index (χ0) is 19.2. The number of nitrogens with one attached hydrogen (secondary N) is 1. The minimum absolute atomic E-state index is 0.0573. The molecule has 1 aromatic carbocycles. The predicted molar refractivity (Wildman–Crippen MR) is 96.6 cm³/mol. The van der Waals surface area contributed by atoms with Crippen LogP contribution in [0.2, 0.25) is 0 Å². The van der Waals surface area contributed by atoms with Crippen LogP contribution in [-0.4, -0.2) is 48.0 Å². The van der Waals surface area contributed by atoms with Crippen LogP contribution in [0.15, 0.2) is 30.3 Å². The third kappa shape index (κ3) is 5.28. The molecule has 0 aromatic heterocycles. The van der Waals surface area contributed by atoms with E-state index in [2.05, 4.69) is 5.32 Å². The second-order valence-electron chi connectivity index (χ2n) is 7.23. The van der Waals surface area contributed by atoms with Gasteiger partial charge in [-0.2, -0.15) is 0 Å². The van der Waals surface area contributed by atoms with E-state index in [-0.39, 0.29) is 30.8 Å². The molecule has 1 N–H and O–H groups in total. The molecule has 0 spiro atoms. The van der Waals surface area contributed by atoms with Gasteiger partial charge < -0.3 is 15.0 Å². The van der Waals surface area contributed by atoms with E-state index in [0.29, 0.717) is 38.6 Å². The summed E-state index contributed by atoms with van der Waals surface area (Å²) in [6.45, 7) is 0.512. The molecule has 0 bridgehead atoms. The Morgan fingerprint density at radius 1 is 1.19 bits per heavy atom. The van der Waals surface area contributed by atoms with Crippen molar-refractivity contribution < 1.29 is 23.5 Å². The molecule has 1 aliphatic carbocycles. The smallest absolute Gasteiger partial charge is 0.408 e. The summed E-state index contributed by atoms with van der Waals surface area (Å²) in [7, 11) is 0. The highest BCUT2D eigenvalue weighted by Crippen LogP contribution is 2.27. The topological polar surface area (TPSA) is 75.7 Å². The van der Waals surface area contributed by atoms with Crippen molar-refractivity contribution in [2.45, 2.75) is 50.9 Å². The minimum Gasteiger partial charge on any atom is -0.445 e. The number of halogens is 1. The van der Waals surface area contributed by atoms with Crippen molar-refractivity contribution in [3.63, 3.8) is 0 Å². The van der Waals surface area contributed by atoms with Crippen LogP contribution in [0.3, 0.4) is 0 Å². The number of ketones is 1. The van der Waals surface area contributed by atoms with Crippen molar-refractivity contribution in [2.24, 2.45) is 5.92 Å². The van der Waals surface area contributed by atoms with Gasteiger partial charge in [0.05, 0.1) is 6.54 Å². The van der Waals surface area contributed by atoms with Gasteiger partial charge in [-0.25, -0.2) is 9.18 Å². The average Bonchev–Trinajstić information content (AvgIpc) is 3.12. The molecular weight excluding hydrogens is 351 g/mol. The Bertz CT molecular complexity index is 672. The van der Waals surface area contributed by atoms with Crippen LogP contribution in [0.5, 0.6) is 0 Å². The summed E-state index contributed by atoms with van der Waals surface area (Å²) in [6, 6.07) is 8.47. The Kier molecular flexibility index (Phi) is 6.42. The number of alkyl halides is 1. The van der Waals surface area contributed by atoms with Crippen LogP contribution in [0, 0.1) is 5.92 Å². The molecule has 2 unspecified atom stereocenters. The van der Waals surface area contributed by atoms with Gasteiger partial charge in [-0.3, -0.25) is 9.59 Å². The van der Waals surface area contributed by atoms with Gasteiger partial charge in [0.1, 0.15) is 24.6 Å². The molecule has 1 heterocycles. The molecule has 2 fully saturated rings. The quantitative estimate of drug-likeness (QED) is 0.857. The first-order chi connectivity index (χ1) is 13.0. The van der Waals surface area contributed by atoms with Crippen molar-refractivity contribution in [1.29, 1.82) is 0 Å². The van der Waals surface area contributed by atoms with Crippen LogP contribution in [0.25, 0.3) is 0 Å². The Morgan fingerprint density at radius 3 is 2.52 bits per heavy atom. The van der Waals surface area contributed by atoms with Crippen LogP contribution in [-0.2, 0) is 20.9 Å². The van der Waals surface area contributed by atoms with Crippen molar-refractivity contribution in [1.82, 2.24) is 10.2 Å². The molecule has 2 aliphatic rings. The first kappa shape index (κ1) is 19.3. The van der Waals surface area contributed by atoms with E-state index in [0.717, 1.165) is 5.56 Å². The third-order valence-corrected chi connectivity index (χ3v) is 5.25. The van der Waals surface area contributed by atoms with Gasteiger partial charge in [-0.1, -0.05) is 30.3 Å². The van der Waals surface area contributed by atoms with Gasteiger partial charge in [-0.15, -0.1) is 0 Å². The molecule has 1 saturated carbocycles. The molecule has 1 saturated heterocycles. The fraction of sp³-hybridized carbons (Fsp3) is 0.550. The monoisotopic (exact) mass is 376 g/mol. The maximum Gasteiger partial charge on any atom is 0.408 e. The fourth-order valence-electron chi connectivity index (χ4n) is 3.68. The van der Waals surface area contributed by atoms with Crippen LogP contribution < -0.4 is 5.32 Å². The average molecular weight is 376 g/mol. The number of nitrogens with zero attached hydrogens (tertiary/aromatic N) is 1. The Balaban J connectivity index is 1.62. The van der Waals surface area contributed by atoms with E-state index in [1.54, 1.807) is 0 Å². The number of rotatable bonds is 5. The Hall–Kier alpha value is -2.44. The van der Waals surface area contributed by atoms with E-state index in [1.165, 1.54) is 4.90 Å². The lowest BCUT2D eigenvalue weighted by molar-refractivity contribution is -0.135. The van der Waals surface area contributed by atoms with Crippen LogP contribution >= 0.6 is 0 Å². The number of ether oxygens (including phenoxy) is 1. The molecule has 7 heteroatoms. The van der Waals surface area contributed by atoms with Crippen molar-refractivity contribution in [2.75, 3.05) is 13.1 Å². The van der Waals surface area contributed by atoms with Crippen molar-refractivity contribution >= 4 is 17.8 Å². The number of amides is 2. The standard InChI is InChI=1S/C20H25FN2O4/c21-16-10-11-23(12-16)19(25)18(15-6-8-17(24)9-7-15)22-20(26)27-13-14-4-2-1-3-5-14/h1-5,15-16,18H,6-13H2,(H,22,26). The summed E-state index contributed by atoms with van der Waals surface area (Å²) in [4.78, 5) is 38.1. The minimum atomic E-state index is -1.02. The predicted octanol–water partition coefficient (Wildman–Crippen LogP) is 2.61. The third-order valence-electron chi connectivity index (χ3n) is 5.25. The number of benzene rings is 1. The highest BCUT2D eigenvalue weighted by atomic mass is 19.1. The molecular formula is C20H25FN2O4. The largest absolute Gasteiger partial charge is 0.445 e. The van der Waals surface area contributed by atoms with E-state index in [4.69, 9.17) is 4.74 Å². The number of carbonyl (C=O) groups excluding carboxylic acids is 3. The Morgan fingerprint density at radius 2 is 1.89 bits per heavy atom. The normalized spacial score (nSPS) is 21.7.